The second-order valence-corrected chi connectivity index (χ2v) is 7.85. The summed E-state index contributed by atoms with van der Waals surface area (Å²) >= 11 is 6.46. The van der Waals surface area contributed by atoms with Gasteiger partial charge in [-0.2, -0.15) is 0 Å². The summed E-state index contributed by atoms with van der Waals surface area (Å²) in [5.41, 5.74) is 7.51. The number of hydrogen-bond acceptors (Lipinski definition) is 6. The molecule has 2 aliphatic heterocycles. The minimum Gasteiger partial charge on any atom is -0.465 e. The Morgan fingerprint density at radius 1 is 1.37 bits per heavy atom. The molecule has 0 amide bonds. The van der Waals surface area contributed by atoms with Crippen LogP contribution in [0, 0.1) is 6.92 Å². The van der Waals surface area contributed by atoms with Crippen molar-refractivity contribution >= 4 is 17.6 Å². The summed E-state index contributed by atoms with van der Waals surface area (Å²) in [6.45, 7) is 2.96. The fourth-order valence-corrected chi connectivity index (χ4v) is 4.38. The Labute approximate surface area is 179 Å². The van der Waals surface area contributed by atoms with E-state index in [2.05, 4.69) is 0 Å². The first kappa shape index (κ1) is 20.5. The van der Waals surface area contributed by atoms with Crippen LogP contribution in [0.4, 0.5) is 0 Å². The highest BCUT2D eigenvalue weighted by Gasteiger charge is 2.39. The zero-order valence-electron chi connectivity index (χ0n) is 16.8. The van der Waals surface area contributed by atoms with Crippen molar-refractivity contribution in [1.29, 1.82) is 0 Å². The smallest absolute Gasteiger partial charge is 0.340 e. The molecular formula is C22H23ClN2O5. The van der Waals surface area contributed by atoms with E-state index >= 15 is 0 Å². The maximum Gasteiger partial charge on any atom is 0.340 e. The molecule has 0 saturated carbocycles. The fraction of sp³-hybridized carbons (Fsp3) is 0.364. The molecule has 1 aromatic heterocycles. The molecule has 30 heavy (non-hydrogen) atoms. The lowest BCUT2D eigenvalue weighted by atomic mass is 9.83. The van der Waals surface area contributed by atoms with Gasteiger partial charge in [-0.1, -0.05) is 29.8 Å². The van der Waals surface area contributed by atoms with Crippen LogP contribution in [-0.4, -0.2) is 30.4 Å². The summed E-state index contributed by atoms with van der Waals surface area (Å²) in [5.74, 6) is -1.27. The number of benzene rings is 1. The minimum atomic E-state index is -0.807. The molecule has 4 rings (SSSR count). The van der Waals surface area contributed by atoms with Crippen LogP contribution in [0.15, 0.2) is 46.6 Å². The first-order valence-corrected chi connectivity index (χ1v) is 10.2. The molecule has 1 aromatic carbocycles. The zero-order valence-corrected chi connectivity index (χ0v) is 17.6. The molecular weight excluding hydrogens is 408 g/mol. The van der Waals surface area contributed by atoms with Gasteiger partial charge in [0.05, 0.1) is 31.2 Å². The van der Waals surface area contributed by atoms with Crippen molar-refractivity contribution in [3.05, 3.63) is 74.0 Å². The fourth-order valence-electron chi connectivity index (χ4n) is 4.13. The number of pyridine rings is 1. The first-order valence-electron chi connectivity index (χ1n) is 9.78. The largest absolute Gasteiger partial charge is 0.465 e. The third kappa shape index (κ3) is 3.48. The van der Waals surface area contributed by atoms with E-state index in [0.29, 0.717) is 35.1 Å². The Morgan fingerprint density at radius 3 is 2.80 bits per heavy atom. The maximum atomic E-state index is 13.6. The van der Waals surface area contributed by atoms with Crippen LogP contribution >= 0.6 is 11.6 Å². The van der Waals surface area contributed by atoms with Crippen molar-refractivity contribution in [3.8, 4) is 5.75 Å². The second-order valence-electron chi connectivity index (χ2n) is 7.44. The SMILES string of the molecule is COC(=O)C1=C(N)Oc2cc(C)n(C[C@H]3CCCO3)c(=O)c2[C@H]1c1ccccc1Cl. The van der Waals surface area contributed by atoms with Gasteiger partial charge in [-0.3, -0.25) is 4.79 Å². The lowest BCUT2D eigenvalue weighted by Crippen LogP contribution is -2.36. The first-order chi connectivity index (χ1) is 14.4. The number of carbonyl (C=O) groups is 1. The van der Waals surface area contributed by atoms with Crippen molar-refractivity contribution in [3.63, 3.8) is 0 Å². The topological polar surface area (TPSA) is 92.8 Å². The van der Waals surface area contributed by atoms with Crippen LogP contribution in [0.1, 0.15) is 35.6 Å². The molecule has 0 radical (unpaired) electrons. The number of aromatic nitrogens is 1. The van der Waals surface area contributed by atoms with Crippen LogP contribution in [0.2, 0.25) is 5.02 Å². The quantitative estimate of drug-likeness (QED) is 0.750. The van der Waals surface area contributed by atoms with Gasteiger partial charge >= 0.3 is 5.97 Å². The standard InChI is InChI=1S/C22H23ClN2O5/c1-12-10-16-18(21(26)25(12)11-13-6-5-9-29-13)17(14-7-3-4-8-15(14)23)19(20(24)30-16)22(27)28-2/h3-4,7-8,10,13,17H,5-6,9,11,24H2,1-2H3/t13-,17-/m1/s1. The molecule has 7 nitrogen and oxygen atoms in total. The van der Waals surface area contributed by atoms with E-state index in [4.69, 9.17) is 31.5 Å². The van der Waals surface area contributed by atoms with Gasteiger partial charge in [0.2, 0.25) is 5.88 Å². The van der Waals surface area contributed by atoms with Gasteiger partial charge < -0.3 is 24.5 Å². The molecule has 0 aliphatic carbocycles. The molecule has 2 aromatic rings. The van der Waals surface area contributed by atoms with E-state index in [9.17, 15) is 9.59 Å². The van der Waals surface area contributed by atoms with Gasteiger partial charge in [0.25, 0.3) is 5.56 Å². The Balaban J connectivity index is 1.94. The monoisotopic (exact) mass is 430 g/mol. The van der Waals surface area contributed by atoms with E-state index in [-0.39, 0.29) is 23.1 Å². The number of hydrogen-bond donors (Lipinski definition) is 1. The van der Waals surface area contributed by atoms with Crippen LogP contribution in [0.5, 0.6) is 5.75 Å². The predicted octanol–water partition coefficient (Wildman–Crippen LogP) is 2.86. The molecule has 0 unspecified atom stereocenters. The number of halogens is 1. The van der Waals surface area contributed by atoms with Crippen molar-refractivity contribution in [1.82, 2.24) is 4.57 Å². The number of rotatable bonds is 4. The molecule has 0 bridgehead atoms. The Morgan fingerprint density at radius 2 is 2.13 bits per heavy atom. The second kappa shape index (κ2) is 8.16. The van der Waals surface area contributed by atoms with E-state index < -0.39 is 11.9 Å². The molecule has 0 spiro atoms. The van der Waals surface area contributed by atoms with Gasteiger partial charge in [-0.25, -0.2) is 4.79 Å². The van der Waals surface area contributed by atoms with E-state index in [1.807, 2.05) is 6.92 Å². The Kier molecular flexibility index (Phi) is 5.58. The zero-order chi connectivity index (χ0) is 21.4. The molecule has 8 heteroatoms. The van der Waals surface area contributed by atoms with Crippen LogP contribution in [0.25, 0.3) is 0 Å². The van der Waals surface area contributed by atoms with Crippen molar-refractivity contribution in [2.45, 2.75) is 38.3 Å². The summed E-state index contributed by atoms with van der Waals surface area (Å²) in [7, 11) is 1.26. The van der Waals surface area contributed by atoms with Crippen molar-refractivity contribution < 1.29 is 19.0 Å². The summed E-state index contributed by atoms with van der Waals surface area (Å²) < 4.78 is 18.0. The van der Waals surface area contributed by atoms with Gasteiger partial charge in [0.1, 0.15) is 11.3 Å². The van der Waals surface area contributed by atoms with Gasteiger partial charge in [-0.05, 0) is 31.4 Å². The Hall–Kier alpha value is -2.77. The normalized spacial score (nSPS) is 20.6. The molecule has 2 N–H and O–H groups in total. The van der Waals surface area contributed by atoms with E-state index in [0.717, 1.165) is 18.5 Å². The predicted molar refractivity (Wildman–Crippen MR) is 112 cm³/mol. The van der Waals surface area contributed by atoms with Crippen molar-refractivity contribution in [2.75, 3.05) is 13.7 Å². The molecule has 158 valence electrons. The summed E-state index contributed by atoms with van der Waals surface area (Å²) in [6.07, 6.45) is 1.84. The molecule has 3 heterocycles. The van der Waals surface area contributed by atoms with Gasteiger partial charge in [0, 0.05) is 23.4 Å². The lowest BCUT2D eigenvalue weighted by Gasteiger charge is -2.29. The van der Waals surface area contributed by atoms with Crippen molar-refractivity contribution in [2.24, 2.45) is 5.73 Å². The minimum absolute atomic E-state index is 0.0246. The number of esters is 1. The maximum absolute atomic E-state index is 13.6. The number of fused-ring (bicyclic) bond motifs is 1. The van der Waals surface area contributed by atoms with Gasteiger partial charge in [-0.15, -0.1) is 0 Å². The number of nitrogens with two attached hydrogens (primary N) is 1. The highest BCUT2D eigenvalue weighted by atomic mass is 35.5. The summed E-state index contributed by atoms with van der Waals surface area (Å²) in [5, 5.41) is 0.412. The lowest BCUT2D eigenvalue weighted by molar-refractivity contribution is -0.136. The summed E-state index contributed by atoms with van der Waals surface area (Å²) in [6, 6.07) is 8.80. The van der Waals surface area contributed by atoms with Crippen LogP contribution in [0.3, 0.4) is 0 Å². The van der Waals surface area contributed by atoms with Crippen LogP contribution < -0.4 is 16.0 Å². The highest BCUT2D eigenvalue weighted by Crippen LogP contribution is 2.43. The van der Waals surface area contributed by atoms with Crippen LogP contribution in [-0.2, 0) is 20.8 Å². The average molecular weight is 431 g/mol. The Bertz CT molecular complexity index is 1090. The average Bonchev–Trinajstić information content (AvgIpc) is 3.23. The highest BCUT2D eigenvalue weighted by molar-refractivity contribution is 6.31. The molecule has 2 aliphatic rings. The number of nitrogens with zero attached hydrogens (tertiary/aromatic N) is 1. The molecule has 1 fully saturated rings. The third-order valence-electron chi connectivity index (χ3n) is 5.60. The third-order valence-corrected chi connectivity index (χ3v) is 5.95. The number of carbonyl (C=O) groups excluding carboxylic acids is 1. The molecule has 2 atom stereocenters. The van der Waals surface area contributed by atoms with Gasteiger partial charge in [0.15, 0.2) is 0 Å². The van der Waals surface area contributed by atoms with E-state index in [1.165, 1.54) is 7.11 Å². The van der Waals surface area contributed by atoms with E-state index in [1.54, 1.807) is 34.9 Å². The molecule has 1 saturated heterocycles. The number of ether oxygens (including phenoxy) is 3. The number of aryl methyl sites for hydroxylation is 1. The number of methoxy groups -OCH3 is 1. The summed E-state index contributed by atoms with van der Waals surface area (Å²) in [4.78, 5) is 26.3.